The molecule has 0 spiro atoms. The predicted molar refractivity (Wildman–Crippen MR) is 85.0 cm³/mol. The molecule has 0 aliphatic rings. The normalized spacial score (nSPS) is 12.2. The molecule has 0 saturated heterocycles. The molecule has 5 nitrogen and oxygen atoms in total. The highest BCUT2D eigenvalue weighted by Gasteiger charge is 2.21. The number of carboxylic acid groups (broad SMARTS) is 1. The molecule has 0 bridgehead atoms. The standard InChI is InChI=1S/C15H21BrN2O3/c1-11(17(2)9-8-14(19)20)15(21)18(3)10-12-4-6-13(16)7-5-12/h4-7,11H,8-10H2,1-3H3,(H,19,20). The Kier molecular flexibility index (Phi) is 6.84. The van der Waals surface area contributed by atoms with Gasteiger partial charge in [-0.2, -0.15) is 0 Å². The maximum atomic E-state index is 12.3. The molecular formula is C15H21BrN2O3. The lowest BCUT2D eigenvalue weighted by Gasteiger charge is -2.27. The van der Waals surface area contributed by atoms with Crippen LogP contribution >= 0.6 is 15.9 Å². The number of carbonyl (C=O) groups excluding carboxylic acids is 1. The SMILES string of the molecule is CC(C(=O)N(C)Cc1ccc(Br)cc1)N(C)CCC(=O)O. The van der Waals surface area contributed by atoms with E-state index in [2.05, 4.69) is 15.9 Å². The van der Waals surface area contributed by atoms with E-state index in [9.17, 15) is 9.59 Å². The fourth-order valence-corrected chi connectivity index (χ4v) is 2.18. The van der Waals surface area contributed by atoms with Gasteiger partial charge in [0.2, 0.25) is 5.91 Å². The van der Waals surface area contributed by atoms with E-state index in [0.29, 0.717) is 13.1 Å². The van der Waals surface area contributed by atoms with Crippen LogP contribution in [0.2, 0.25) is 0 Å². The fraction of sp³-hybridized carbons (Fsp3) is 0.467. The minimum Gasteiger partial charge on any atom is -0.481 e. The Labute approximate surface area is 133 Å². The van der Waals surface area contributed by atoms with Crippen molar-refractivity contribution in [2.75, 3.05) is 20.6 Å². The van der Waals surface area contributed by atoms with Gasteiger partial charge in [-0.15, -0.1) is 0 Å². The Morgan fingerprint density at radius 2 is 1.81 bits per heavy atom. The van der Waals surface area contributed by atoms with E-state index >= 15 is 0 Å². The van der Waals surface area contributed by atoms with E-state index in [-0.39, 0.29) is 18.4 Å². The molecule has 1 unspecified atom stereocenters. The molecule has 0 aromatic heterocycles. The van der Waals surface area contributed by atoms with Crippen LogP contribution in [0.5, 0.6) is 0 Å². The zero-order chi connectivity index (χ0) is 16.0. The van der Waals surface area contributed by atoms with Crippen molar-refractivity contribution in [1.29, 1.82) is 0 Å². The summed E-state index contributed by atoms with van der Waals surface area (Å²) in [6.07, 6.45) is 0.0323. The van der Waals surface area contributed by atoms with Crippen LogP contribution in [0, 0.1) is 0 Å². The number of amides is 1. The number of likely N-dealkylation sites (N-methyl/N-ethyl adjacent to an activating group) is 2. The summed E-state index contributed by atoms with van der Waals surface area (Å²) in [6, 6.07) is 7.47. The number of hydrogen-bond donors (Lipinski definition) is 1. The molecule has 0 heterocycles. The summed E-state index contributed by atoms with van der Waals surface area (Å²) < 4.78 is 1.00. The average Bonchev–Trinajstić information content (AvgIpc) is 2.45. The second kappa shape index (κ2) is 8.14. The summed E-state index contributed by atoms with van der Waals surface area (Å²) >= 11 is 3.38. The van der Waals surface area contributed by atoms with E-state index in [0.717, 1.165) is 10.0 Å². The van der Waals surface area contributed by atoms with Gasteiger partial charge in [0.05, 0.1) is 12.5 Å². The smallest absolute Gasteiger partial charge is 0.304 e. The van der Waals surface area contributed by atoms with Crippen molar-refractivity contribution in [3.05, 3.63) is 34.3 Å². The molecule has 1 rings (SSSR count). The molecular weight excluding hydrogens is 336 g/mol. The number of aliphatic carboxylic acids is 1. The highest BCUT2D eigenvalue weighted by molar-refractivity contribution is 9.10. The lowest BCUT2D eigenvalue weighted by Crippen LogP contribution is -2.44. The largest absolute Gasteiger partial charge is 0.481 e. The maximum absolute atomic E-state index is 12.3. The van der Waals surface area contributed by atoms with Crippen molar-refractivity contribution in [3.8, 4) is 0 Å². The van der Waals surface area contributed by atoms with Gasteiger partial charge in [-0.3, -0.25) is 14.5 Å². The molecule has 1 amide bonds. The minimum absolute atomic E-state index is 0.0224. The average molecular weight is 357 g/mol. The van der Waals surface area contributed by atoms with Gasteiger partial charge in [0.25, 0.3) is 0 Å². The van der Waals surface area contributed by atoms with Crippen LogP contribution in [-0.4, -0.2) is 53.5 Å². The van der Waals surface area contributed by atoms with Gasteiger partial charge in [0, 0.05) is 24.6 Å². The molecule has 1 aromatic rings. The van der Waals surface area contributed by atoms with Gasteiger partial charge in [-0.1, -0.05) is 28.1 Å². The van der Waals surface area contributed by atoms with Gasteiger partial charge in [0.15, 0.2) is 0 Å². The second-order valence-corrected chi connectivity index (χ2v) is 6.04. The quantitative estimate of drug-likeness (QED) is 0.813. The number of halogens is 1. The third-order valence-corrected chi connectivity index (χ3v) is 3.93. The van der Waals surface area contributed by atoms with Gasteiger partial charge in [-0.25, -0.2) is 0 Å². The van der Waals surface area contributed by atoms with Crippen molar-refractivity contribution in [2.45, 2.75) is 25.9 Å². The third kappa shape index (κ3) is 5.85. The van der Waals surface area contributed by atoms with Crippen LogP contribution in [0.4, 0.5) is 0 Å². The molecule has 0 aliphatic carbocycles. The lowest BCUT2D eigenvalue weighted by atomic mass is 10.2. The topological polar surface area (TPSA) is 60.9 Å². The van der Waals surface area contributed by atoms with Crippen LogP contribution in [0.3, 0.4) is 0 Å². The van der Waals surface area contributed by atoms with Crippen molar-refractivity contribution in [2.24, 2.45) is 0 Å². The van der Waals surface area contributed by atoms with Crippen LogP contribution in [-0.2, 0) is 16.1 Å². The van der Waals surface area contributed by atoms with Crippen molar-refractivity contribution in [3.63, 3.8) is 0 Å². The highest BCUT2D eigenvalue weighted by Crippen LogP contribution is 2.12. The first-order chi connectivity index (χ1) is 9.81. The summed E-state index contributed by atoms with van der Waals surface area (Å²) in [5.74, 6) is -0.879. The molecule has 0 radical (unpaired) electrons. The first kappa shape index (κ1) is 17.7. The lowest BCUT2D eigenvalue weighted by molar-refractivity contribution is -0.139. The molecule has 1 atom stereocenters. The summed E-state index contributed by atoms with van der Waals surface area (Å²) in [4.78, 5) is 26.3. The van der Waals surface area contributed by atoms with Gasteiger partial charge < -0.3 is 10.0 Å². The second-order valence-electron chi connectivity index (χ2n) is 5.12. The Morgan fingerprint density at radius 3 is 2.33 bits per heavy atom. The zero-order valence-corrected chi connectivity index (χ0v) is 14.1. The predicted octanol–water partition coefficient (Wildman–Crippen LogP) is 2.20. The van der Waals surface area contributed by atoms with Gasteiger partial charge >= 0.3 is 5.97 Å². The molecule has 0 aliphatic heterocycles. The summed E-state index contributed by atoms with van der Waals surface area (Å²) in [5.41, 5.74) is 1.05. The molecule has 21 heavy (non-hydrogen) atoms. The first-order valence-corrected chi connectivity index (χ1v) is 7.52. The van der Waals surface area contributed by atoms with Crippen LogP contribution in [0.1, 0.15) is 18.9 Å². The van der Waals surface area contributed by atoms with Crippen LogP contribution in [0.25, 0.3) is 0 Å². The molecule has 1 aromatic carbocycles. The number of carbonyl (C=O) groups is 2. The fourth-order valence-electron chi connectivity index (χ4n) is 1.91. The molecule has 1 N–H and O–H groups in total. The van der Waals surface area contributed by atoms with Crippen molar-refractivity contribution in [1.82, 2.24) is 9.80 Å². The van der Waals surface area contributed by atoms with Crippen molar-refractivity contribution < 1.29 is 14.7 Å². The van der Waals surface area contributed by atoms with Gasteiger partial charge in [-0.05, 0) is 31.7 Å². The van der Waals surface area contributed by atoms with E-state index in [1.807, 2.05) is 24.3 Å². The van der Waals surface area contributed by atoms with Gasteiger partial charge in [0.1, 0.15) is 0 Å². The number of hydrogen-bond acceptors (Lipinski definition) is 3. The molecule has 0 fully saturated rings. The molecule has 116 valence electrons. The van der Waals surface area contributed by atoms with E-state index in [1.165, 1.54) is 0 Å². The summed E-state index contributed by atoms with van der Waals surface area (Å²) in [5, 5.41) is 8.68. The zero-order valence-electron chi connectivity index (χ0n) is 12.5. The van der Waals surface area contributed by atoms with E-state index < -0.39 is 5.97 Å². The number of benzene rings is 1. The Hall–Kier alpha value is -1.40. The van der Waals surface area contributed by atoms with Crippen LogP contribution in [0.15, 0.2) is 28.7 Å². The Balaban J connectivity index is 2.56. The Morgan fingerprint density at radius 1 is 1.24 bits per heavy atom. The Bertz CT molecular complexity index is 490. The monoisotopic (exact) mass is 356 g/mol. The highest BCUT2D eigenvalue weighted by atomic mass is 79.9. The van der Waals surface area contributed by atoms with E-state index in [4.69, 9.17) is 5.11 Å². The van der Waals surface area contributed by atoms with E-state index in [1.54, 1.807) is 30.8 Å². The van der Waals surface area contributed by atoms with Crippen LogP contribution < -0.4 is 0 Å². The number of rotatable bonds is 7. The summed E-state index contributed by atoms with van der Waals surface area (Å²) in [7, 11) is 3.52. The maximum Gasteiger partial charge on any atom is 0.304 e. The summed E-state index contributed by atoms with van der Waals surface area (Å²) in [6.45, 7) is 2.68. The molecule has 6 heteroatoms. The number of nitrogens with zero attached hydrogens (tertiary/aromatic N) is 2. The first-order valence-electron chi connectivity index (χ1n) is 6.72. The minimum atomic E-state index is -0.857. The molecule has 0 saturated carbocycles. The third-order valence-electron chi connectivity index (χ3n) is 3.41. The number of carboxylic acids is 1. The van der Waals surface area contributed by atoms with Crippen molar-refractivity contribution >= 4 is 27.8 Å².